The lowest BCUT2D eigenvalue weighted by atomic mass is 9.88. The first-order valence-electron chi connectivity index (χ1n) is 4.02. The average molecular weight is 158 g/mol. The van der Waals surface area contributed by atoms with Crippen LogP contribution in [0, 0.1) is 10.8 Å². The van der Waals surface area contributed by atoms with Crippen LogP contribution in [0.15, 0.2) is 11.9 Å². The fourth-order valence-electron chi connectivity index (χ4n) is 0.597. The summed E-state index contributed by atoms with van der Waals surface area (Å²) in [5, 5.41) is 0. The van der Waals surface area contributed by atoms with Crippen LogP contribution in [0.4, 0.5) is 4.39 Å². The summed E-state index contributed by atoms with van der Waals surface area (Å²) >= 11 is 0. The monoisotopic (exact) mass is 158 g/mol. The van der Waals surface area contributed by atoms with Gasteiger partial charge in [-0.05, 0) is 11.5 Å². The van der Waals surface area contributed by atoms with Crippen LogP contribution in [0.25, 0.3) is 0 Å². The molecule has 66 valence electrons. The number of halogens is 1. The molecule has 11 heavy (non-hydrogen) atoms. The van der Waals surface area contributed by atoms with Crippen LogP contribution in [-0.4, -0.2) is 0 Å². The summed E-state index contributed by atoms with van der Waals surface area (Å²) < 4.78 is 13.3. The van der Waals surface area contributed by atoms with E-state index in [4.69, 9.17) is 0 Å². The molecule has 0 saturated heterocycles. The van der Waals surface area contributed by atoms with E-state index in [1.807, 2.05) is 41.5 Å². The van der Waals surface area contributed by atoms with Gasteiger partial charge in [0.25, 0.3) is 0 Å². The fourth-order valence-corrected chi connectivity index (χ4v) is 0.597. The minimum absolute atomic E-state index is 0.0231. The Balaban J connectivity index is 4.49. The largest absolute Gasteiger partial charge is 0.212 e. The molecule has 0 amide bonds. The van der Waals surface area contributed by atoms with Crippen molar-refractivity contribution in [3.05, 3.63) is 11.9 Å². The third-order valence-corrected chi connectivity index (χ3v) is 1.28. The van der Waals surface area contributed by atoms with Gasteiger partial charge >= 0.3 is 0 Å². The molecule has 0 aliphatic rings. The molecule has 0 aliphatic carbocycles. The molecule has 0 atom stereocenters. The molecule has 0 heterocycles. The molecular weight excluding hydrogens is 139 g/mol. The Morgan fingerprint density at radius 3 is 1.45 bits per heavy atom. The lowest BCUT2D eigenvalue weighted by Gasteiger charge is -2.20. The standard InChI is InChI=1S/C10H19F/c1-9(2,3)7-8(11)10(4,5)6/h7H,1-6H3/b8-7+. The van der Waals surface area contributed by atoms with E-state index in [2.05, 4.69) is 0 Å². The first-order valence-corrected chi connectivity index (χ1v) is 4.02. The quantitative estimate of drug-likeness (QED) is 0.501. The van der Waals surface area contributed by atoms with Gasteiger partial charge in [-0.1, -0.05) is 41.5 Å². The highest BCUT2D eigenvalue weighted by Gasteiger charge is 2.19. The van der Waals surface area contributed by atoms with E-state index in [1.54, 1.807) is 6.08 Å². The van der Waals surface area contributed by atoms with Crippen LogP contribution in [-0.2, 0) is 0 Å². The van der Waals surface area contributed by atoms with Crippen LogP contribution >= 0.6 is 0 Å². The molecule has 0 unspecified atom stereocenters. The highest BCUT2D eigenvalue weighted by atomic mass is 19.1. The van der Waals surface area contributed by atoms with Gasteiger partial charge in [-0.15, -0.1) is 0 Å². The molecule has 0 saturated carbocycles. The average Bonchev–Trinajstić information content (AvgIpc) is 1.56. The molecule has 0 aromatic rings. The molecule has 0 spiro atoms. The van der Waals surface area contributed by atoms with Gasteiger partial charge in [0.15, 0.2) is 0 Å². The molecule has 1 heteroatoms. The summed E-state index contributed by atoms with van der Waals surface area (Å²) in [7, 11) is 0. The first-order chi connectivity index (χ1) is 4.63. The summed E-state index contributed by atoms with van der Waals surface area (Å²) in [6, 6.07) is 0. The maximum Gasteiger partial charge on any atom is 0.102 e. The van der Waals surface area contributed by atoms with Gasteiger partial charge < -0.3 is 0 Å². The topological polar surface area (TPSA) is 0 Å². The Morgan fingerprint density at radius 1 is 1.00 bits per heavy atom. The second kappa shape index (κ2) is 2.96. The van der Waals surface area contributed by atoms with E-state index in [0.29, 0.717) is 0 Å². The molecule has 0 fully saturated rings. The minimum atomic E-state index is -0.340. The third kappa shape index (κ3) is 5.00. The number of hydrogen-bond acceptors (Lipinski definition) is 0. The maximum atomic E-state index is 13.3. The Kier molecular flexibility index (Phi) is 2.87. The molecule has 0 aromatic heterocycles. The first kappa shape index (κ1) is 10.7. The fraction of sp³-hybridized carbons (Fsp3) is 0.800. The predicted octanol–water partition coefficient (Wildman–Crippen LogP) is 3.93. The molecule has 0 aliphatic heterocycles. The Hall–Kier alpha value is -0.330. The van der Waals surface area contributed by atoms with Crippen LogP contribution in [0.2, 0.25) is 0 Å². The lowest BCUT2D eigenvalue weighted by molar-refractivity contribution is 0.365. The second-order valence-electron chi connectivity index (χ2n) is 5.11. The van der Waals surface area contributed by atoms with Gasteiger partial charge in [0, 0.05) is 5.41 Å². The zero-order chi connectivity index (χ0) is 9.28. The van der Waals surface area contributed by atoms with E-state index in [-0.39, 0.29) is 16.7 Å². The molecule has 0 radical (unpaired) electrons. The van der Waals surface area contributed by atoms with Crippen LogP contribution in [0.5, 0.6) is 0 Å². The molecule has 0 N–H and O–H groups in total. The molecule has 0 bridgehead atoms. The van der Waals surface area contributed by atoms with E-state index >= 15 is 0 Å². The smallest absolute Gasteiger partial charge is 0.102 e. The van der Waals surface area contributed by atoms with Crippen molar-refractivity contribution in [1.82, 2.24) is 0 Å². The van der Waals surface area contributed by atoms with Gasteiger partial charge in [-0.2, -0.15) is 0 Å². The lowest BCUT2D eigenvalue weighted by Crippen LogP contribution is -2.10. The zero-order valence-electron chi connectivity index (χ0n) is 8.46. The number of allylic oxidation sites excluding steroid dienone is 2. The Morgan fingerprint density at radius 2 is 1.36 bits per heavy atom. The third-order valence-electron chi connectivity index (χ3n) is 1.28. The van der Waals surface area contributed by atoms with Crippen molar-refractivity contribution in [2.24, 2.45) is 10.8 Å². The van der Waals surface area contributed by atoms with Crippen LogP contribution in [0.3, 0.4) is 0 Å². The molecule has 0 aromatic carbocycles. The summed E-state index contributed by atoms with van der Waals surface area (Å²) in [6.45, 7) is 11.6. The summed E-state index contributed by atoms with van der Waals surface area (Å²) in [6.07, 6.45) is 1.69. The molecule has 0 nitrogen and oxygen atoms in total. The van der Waals surface area contributed by atoms with E-state index in [1.165, 1.54) is 0 Å². The van der Waals surface area contributed by atoms with Crippen molar-refractivity contribution < 1.29 is 4.39 Å². The van der Waals surface area contributed by atoms with Gasteiger partial charge in [0.05, 0.1) is 0 Å². The summed E-state index contributed by atoms with van der Waals surface area (Å²) in [5.74, 6) is -0.0231. The van der Waals surface area contributed by atoms with Crippen LogP contribution < -0.4 is 0 Å². The normalized spacial score (nSPS) is 15.4. The van der Waals surface area contributed by atoms with E-state index in [9.17, 15) is 4.39 Å². The minimum Gasteiger partial charge on any atom is -0.212 e. The number of hydrogen-bond donors (Lipinski definition) is 0. The zero-order valence-corrected chi connectivity index (χ0v) is 8.46. The SMILES string of the molecule is CC(C)(C)/C=C(/F)C(C)(C)C. The van der Waals surface area contributed by atoms with Crippen LogP contribution in [0.1, 0.15) is 41.5 Å². The Bertz CT molecular complexity index is 153. The predicted molar refractivity (Wildman–Crippen MR) is 48.1 cm³/mol. The van der Waals surface area contributed by atoms with Gasteiger partial charge in [-0.25, -0.2) is 4.39 Å². The van der Waals surface area contributed by atoms with Crippen molar-refractivity contribution in [2.45, 2.75) is 41.5 Å². The van der Waals surface area contributed by atoms with Gasteiger partial charge in [-0.3, -0.25) is 0 Å². The van der Waals surface area contributed by atoms with Gasteiger partial charge in [0.1, 0.15) is 5.83 Å². The summed E-state index contributed by atoms with van der Waals surface area (Å²) in [4.78, 5) is 0. The summed E-state index contributed by atoms with van der Waals surface area (Å²) in [5.41, 5.74) is -0.398. The van der Waals surface area contributed by atoms with Crippen molar-refractivity contribution in [3.8, 4) is 0 Å². The van der Waals surface area contributed by atoms with Crippen molar-refractivity contribution in [3.63, 3.8) is 0 Å². The highest BCUT2D eigenvalue weighted by Crippen LogP contribution is 2.30. The van der Waals surface area contributed by atoms with Crippen molar-refractivity contribution >= 4 is 0 Å². The molecular formula is C10H19F. The van der Waals surface area contributed by atoms with E-state index < -0.39 is 0 Å². The maximum absolute atomic E-state index is 13.3. The molecule has 0 rings (SSSR count). The van der Waals surface area contributed by atoms with E-state index in [0.717, 1.165) is 0 Å². The van der Waals surface area contributed by atoms with Crippen molar-refractivity contribution in [2.75, 3.05) is 0 Å². The van der Waals surface area contributed by atoms with Gasteiger partial charge in [0.2, 0.25) is 0 Å². The Labute approximate surface area is 69.5 Å². The van der Waals surface area contributed by atoms with Crippen molar-refractivity contribution in [1.29, 1.82) is 0 Å². The number of rotatable bonds is 0. The highest BCUT2D eigenvalue weighted by molar-refractivity contribution is 5.06. The second-order valence-corrected chi connectivity index (χ2v) is 5.11.